The van der Waals surface area contributed by atoms with Crippen LogP contribution in [-0.2, 0) is 21.0 Å². The quantitative estimate of drug-likeness (QED) is 0.301. The van der Waals surface area contributed by atoms with Gasteiger partial charge in [-0.3, -0.25) is 4.99 Å². The first-order chi connectivity index (χ1) is 13.4. The zero-order chi connectivity index (χ0) is 20.2. The maximum atomic E-state index is 12.4. The van der Waals surface area contributed by atoms with Crippen molar-refractivity contribution in [2.24, 2.45) is 4.99 Å². The summed E-state index contributed by atoms with van der Waals surface area (Å²) in [7, 11) is -1.51. The number of rotatable bonds is 6. The van der Waals surface area contributed by atoms with E-state index in [9.17, 15) is 8.42 Å². The number of benzene rings is 1. The third-order valence-electron chi connectivity index (χ3n) is 5.67. The van der Waals surface area contributed by atoms with Crippen molar-refractivity contribution in [1.29, 1.82) is 0 Å². The monoisotopic (exact) mass is 534 g/mol. The van der Waals surface area contributed by atoms with E-state index < -0.39 is 14.6 Å². The van der Waals surface area contributed by atoms with Crippen molar-refractivity contribution in [3.63, 3.8) is 0 Å². The topological polar surface area (TPSA) is 95.6 Å². The van der Waals surface area contributed by atoms with Crippen LogP contribution in [0.5, 0.6) is 0 Å². The van der Waals surface area contributed by atoms with E-state index >= 15 is 0 Å². The molecule has 0 bridgehead atoms. The Balaban J connectivity index is 0.00000300. The van der Waals surface area contributed by atoms with Gasteiger partial charge in [-0.2, -0.15) is 0 Å². The van der Waals surface area contributed by atoms with Crippen LogP contribution in [0.4, 0.5) is 0 Å². The smallest absolute Gasteiger partial charge is 0.191 e. The third-order valence-corrected chi connectivity index (χ3v) is 7.80. The second kappa shape index (κ2) is 10.1. The molecule has 0 saturated carbocycles. The first kappa shape index (κ1) is 23.9. The maximum Gasteiger partial charge on any atom is 0.191 e. The fourth-order valence-electron chi connectivity index (χ4n) is 3.85. The minimum absolute atomic E-state index is 0. The number of hydrogen-bond donors (Lipinski definition) is 3. The SMILES string of the molecule is CN=C(NCCc1c[nH]c2cccc(C)c12)NCC1(S(C)(=O)=O)CCOCC1.I. The normalized spacial score (nSPS) is 17.0. The molecule has 1 saturated heterocycles. The Morgan fingerprint density at radius 2 is 2.00 bits per heavy atom. The molecule has 162 valence electrons. The van der Waals surface area contributed by atoms with Gasteiger partial charge in [0.15, 0.2) is 15.8 Å². The summed E-state index contributed by atoms with van der Waals surface area (Å²) in [6, 6.07) is 6.25. The van der Waals surface area contributed by atoms with E-state index in [1.54, 1.807) is 7.05 Å². The van der Waals surface area contributed by atoms with Gasteiger partial charge in [0.05, 0.1) is 4.75 Å². The molecular weight excluding hydrogens is 503 g/mol. The highest BCUT2D eigenvalue weighted by atomic mass is 127. The molecule has 1 aromatic heterocycles. The predicted molar refractivity (Wildman–Crippen MR) is 129 cm³/mol. The van der Waals surface area contributed by atoms with Gasteiger partial charge >= 0.3 is 0 Å². The van der Waals surface area contributed by atoms with Crippen LogP contribution >= 0.6 is 24.0 Å². The van der Waals surface area contributed by atoms with Crippen LogP contribution in [0, 0.1) is 6.92 Å². The highest BCUT2D eigenvalue weighted by Gasteiger charge is 2.42. The predicted octanol–water partition coefficient (Wildman–Crippen LogP) is 2.40. The molecule has 9 heteroatoms. The molecule has 0 atom stereocenters. The standard InChI is InChI=1S/C20H30N4O3S.HI/c1-15-5-4-6-17-18(15)16(13-23-17)7-10-22-19(21-2)24-14-20(28(3,25)26)8-11-27-12-9-20;/h4-6,13,23H,7-12,14H2,1-3H3,(H2,21,22,24);1H. The minimum Gasteiger partial charge on any atom is -0.381 e. The number of guanidine groups is 1. The number of sulfone groups is 1. The number of fused-ring (bicyclic) bond motifs is 1. The average Bonchev–Trinajstić information content (AvgIpc) is 3.09. The molecule has 0 spiro atoms. The number of aromatic amines is 1. The van der Waals surface area contributed by atoms with Gasteiger partial charge in [-0.25, -0.2) is 8.42 Å². The van der Waals surface area contributed by atoms with Crippen molar-refractivity contribution < 1.29 is 13.2 Å². The first-order valence-electron chi connectivity index (χ1n) is 9.64. The molecule has 1 aliphatic rings. The second-order valence-electron chi connectivity index (χ2n) is 7.48. The molecular formula is C20H31IN4O3S. The Hall–Kier alpha value is -1.33. The van der Waals surface area contributed by atoms with Crippen LogP contribution < -0.4 is 10.6 Å². The van der Waals surface area contributed by atoms with E-state index in [1.807, 2.05) is 0 Å². The Bertz CT molecular complexity index is 950. The fourth-order valence-corrected chi connectivity index (χ4v) is 5.09. The van der Waals surface area contributed by atoms with E-state index in [1.165, 1.54) is 22.8 Å². The number of nitrogens with one attached hydrogen (secondary N) is 3. The van der Waals surface area contributed by atoms with Gasteiger partial charge in [-0.15, -0.1) is 24.0 Å². The Morgan fingerprint density at radius 3 is 2.66 bits per heavy atom. The summed E-state index contributed by atoms with van der Waals surface area (Å²) >= 11 is 0. The van der Waals surface area contributed by atoms with Crippen LogP contribution in [-0.4, -0.2) is 63.7 Å². The minimum atomic E-state index is -3.21. The molecule has 0 amide bonds. The molecule has 0 radical (unpaired) electrons. The number of ether oxygens (including phenoxy) is 1. The first-order valence-corrected chi connectivity index (χ1v) is 11.5. The largest absolute Gasteiger partial charge is 0.381 e. The van der Waals surface area contributed by atoms with Crippen LogP contribution in [0.2, 0.25) is 0 Å². The zero-order valence-corrected chi connectivity index (χ0v) is 20.4. The van der Waals surface area contributed by atoms with E-state index in [4.69, 9.17) is 4.74 Å². The number of H-pyrrole nitrogens is 1. The highest BCUT2D eigenvalue weighted by molar-refractivity contribution is 14.0. The van der Waals surface area contributed by atoms with Crippen LogP contribution in [0.1, 0.15) is 24.0 Å². The number of nitrogens with zero attached hydrogens (tertiary/aromatic N) is 1. The lowest BCUT2D eigenvalue weighted by molar-refractivity contribution is 0.0756. The number of hydrogen-bond acceptors (Lipinski definition) is 4. The molecule has 0 aliphatic carbocycles. The van der Waals surface area contributed by atoms with Crippen molar-refractivity contribution >= 4 is 50.7 Å². The summed E-state index contributed by atoms with van der Waals surface area (Å²) in [5.74, 6) is 0.617. The molecule has 2 heterocycles. The molecule has 2 aromatic rings. The molecule has 7 nitrogen and oxygen atoms in total. The van der Waals surface area contributed by atoms with Crippen molar-refractivity contribution in [3.8, 4) is 0 Å². The van der Waals surface area contributed by atoms with Crippen LogP contribution in [0.3, 0.4) is 0 Å². The second-order valence-corrected chi connectivity index (χ2v) is 9.89. The summed E-state index contributed by atoms with van der Waals surface area (Å²) in [4.78, 5) is 7.56. The Kier molecular flexibility index (Phi) is 8.36. The lowest BCUT2D eigenvalue weighted by Crippen LogP contribution is -2.53. The Morgan fingerprint density at radius 1 is 1.28 bits per heavy atom. The van der Waals surface area contributed by atoms with Crippen molar-refractivity contribution in [2.45, 2.75) is 30.9 Å². The van der Waals surface area contributed by atoms with Gasteiger partial charge in [0.2, 0.25) is 0 Å². The third kappa shape index (κ3) is 5.43. The summed E-state index contributed by atoms with van der Waals surface area (Å²) < 4.78 is 29.3. The van der Waals surface area contributed by atoms with Gasteiger partial charge in [-0.05, 0) is 43.4 Å². The average molecular weight is 534 g/mol. The van der Waals surface area contributed by atoms with Crippen LogP contribution in [0.15, 0.2) is 29.4 Å². The molecule has 1 aromatic carbocycles. The number of aromatic nitrogens is 1. The van der Waals surface area contributed by atoms with Crippen molar-refractivity contribution in [1.82, 2.24) is 15.6 Å². The summed E-state index contributed by atoms with van der Waals surface area (Å²) in [6.07, 6.45) is 5.22. The summed E-state index contributed by atoms with van der Waals surface area (Å²) in [6.45, 7) is 4.10. The lowest BCUT2D eigenvalue weighted by atomic mass is 9.99. The van der Waals surface area contributed by atoms with Gasteiger partial charge in [0, 0.05) is 56.7 Å². The highest BCUT2D eigenvalue weighted by Crippen LogP contribution is 2.28. The van der Waals surface area contributed by atoms with Gasteiger partial charge in [0.25, 0.3) is 0 Å². The van der Waals surface area contributed by atoms with Crippen LogP contribution in [0.25, 0.3) is 10.9 Å². The fraction of sp³-hybridized carbons (Fsp3) is 0.550. The number of aliphatic imine (C=N–C) groups is 1. The number of halogens is 1. The van der Waals surface area contributed by atoms with Crippen molar-refractivity contribution in [3.05, 3.63) is 35.5 Å². The zero-order valence-electron chi connectivity index (χ0n) is 17.2. The Labute approximate surface area is 190 Å². The number of aryl methyl sites for hydroxylation is 1. The molecule has 1 fully saturated rings. The van der Waals surface area contributed by atoms with E-state index in [0.717, 1.165) is 11.9 Å². The lowest BCUT2D eigenvalue weighted by Gasteiger charge is -2.35. The molecule has 3 rings (SSSR count). The van der Waals surface area contributed by atoms with E-state index in [-0.39, 0.29) is 24.0 Å². The van der Waals surface area contributed by atoms with E-state index in [2.05, 4.69) is 51.9 Å². The summed E-state index contributed by atoms with van der Waals surface area (Å²) in [5.41, 5.74) is 3.66. The molecule has 1 aliphatic heterocycles. The van der Waals surface area contributed by atoms with Crippen molar-refractivity contribution in [2.75, 3.05) is 39.6 Å². The van der Waals surface area contributed by atoms with Gasteiger partial charge < -0.3 is 20.4 Å². The summed E-state index contributed by atoms with van der Waals surface area (Å²) in [5, 5.41) is 7.78. The molecule has 0 unspecified atom stereocenters. The molecule has 29 heavy (non-hydrogen) atoms. The molecule has 3 N–H and O–H groups in total. The maximum absolute atomic E-state index is 12.4. The van der Waals surface area contributed by atoms with Gasteiger partial charge in [-0.1, -0.05) is 12.1 Å². The van der Waals surface area contributed by atoms with E-state index in [0.29, 0.717) is 45.1 Å². The van der Waals surface area contributed by atoms with Gasteiger partial charge in [0.1, 0.15) is 0 Å².